The van der Waals surface area contributed by atoms with E-state index in [0.717, 1.165) is 38.9 Å². The third-order valence-electron chi connectivity index (χ3n) is 5.29. The van der Waals surface area contributed by atoms with E-state index in [1.54, 1.807) is 12.1 Å². The van der Waals surface area contributed by atoms with Gasteiger partial charge in [-0.15, -0.1) is 0 Å². The maximum Gasteiger partial charge on any atom is 0.0961 e. The quantitative estimate of drug-likeness (QED) is 0.477. The van der Waals surface area contributed by atoms with Crippen LogP contribution in [0.25, 0.3) is 28.8 Å². The lowest BCUT2D eigenvalue weighted by molar-refractivity contribution is -0.255. The molecule has 0 aliphatic heterocycles. The zero-order chi connectivity index (χ0) is 19.8. The lowest BCUT2D eigenvalue weighted by Gasteiger charge is -2.14. The second-order valence-corrected chi connectivity index (χ2v) is 7.01. The largest absolute Gasteiger partial charge is 0.545 e. The van der Waals surface area contributed by atoms with Gasteiger partial charge in [0.2, 0.25) is 0 Å². The predicted molar refractivity (Wildman–Crippen MR) is 113 cm³/mol. The van der Waals surface area contributed by atoms with Gasteiger partial charge in [0.15, 0.2) is 0 Å². The predicted octanol–water partition coefficient (Wildman–Crippen LogP) is 4.02. The third-order valence-corrected chi connectivity index (χ3v) is 5.29. The summed E-state index contributed by atoms with van der Waals surface area (Å²) in [5.41, 5.74) is 7.23. The van der Waals surface area contributed by atoms with Crippen LogP contribution in [-0.2, 0) is 6.54 Å². The fourth-order valence-corrected chi connectivity index (χ4v) is 3.84. The van der Waals surface area contributed by atoms with E-state index >= 15 is 0 Å². The van der Waals surface area contributed by atoms with Crippen molar-refractivity contribution in [2.75, 3.05) is 0 Å². The van der Waals surface area contributed by atoms with Gasteiger partial charge in [-0.3, -0.25) is 0 Å². The van der Waals surface area contributed by atoms with Crippen molar-refractivity contribution in [2.45, 2.75) is 6.54 Å². The monoisotopic (exact) mass is 377 g/mol. The molecule has 140 valence electrons. The second kappa shape index (κ2) is 6.91. The summed E-state index contributed by atoms with van der Waals surface area (Å²) in [6.45, 7) is 0.624. The van der Waals surface area contributed by atoms with Gasteiger partial charge in [-0.05, 0) is 51.6 Å². The van der Waals surface area contributed by atoms with E-state index in [1.165, 1.54) is 0 Å². The molecular formula is C25H17N2O2-. The Labute approximate surface area is 168 Å². The molecule has 0 N–H and O–H groups in total. The van der Waals surface area contributed by atoms with Gasteiger partial charge in [-0.25, -0.2) is 4.98 Å². The number of hydrogen-bond donors (Lipinski definition) is 0. The van der Waals surface area contributed by atoms with Gasteiger partial charge >= 0.3 is 0 Å². The number of carboxylic acid groups (broad SMARTS) is 1. The minimum Gasteiger partial charge on any atom is -0.545 e. The smallest absolute Gasteiger partial charge is 0.0961 e. The molecule has 0 fully saturated rings. The molecule has 0 saturated heterocycles. The van der Waals surface area contributed by atoms with Crippen LogP contribution in [0.5, 0.6) is 0 Å². The summed E-state index contributed by atoms with van der Waals surface area (Å²) in [5, 5.41) is 11.5. The zero-order valence-electron chi connectivity index (χ0n) is 15.6. The molecular weight excluding hydrogens is 360 g/mol. The number of aromatic nitrogens is 2. The lowest BCUT2D eigenvalue weighted by atomic mass is 9.92. The van der Waals surface area contributed by atoms with Crippen LogP contribution in [0.2, 0.25) is 0 Å². The van der Waals surface area contributed by atoms with E-state index in [4.69, 9.17) is 0 Å². The number of nitrogens with zero attached hydrogens (tertiary/aromatic N) is 2. The van der Waals surface area contributed by atoms with Gasteiger partial charge in [-0.2, -0.15) is 0 Å². The summed E-state index contributed by atoms with van der Waals surface area (Å²) >= 11 is 0. The van der Waals surface area contributed by atoms with E-state index in [0.29, 0.717) is 6.54 Å². The van der Waals surface area contributed by atoms with E-state index < -0.39 is 5.97 Å². The molecule has 0 unspecified atom stereocenters. The maximum atomic E-state index is 11.5. The first-order valence-corrected chi connectivity index (χ1v) is 9.44. The first-order valence-electron chi connectivity index (χ1n) is 9.44. The fraction of sp³-hybridized carbons (Fsp3) is 0.0400. The number of benzene rings is 3. The van der Waals surface area contributed by atoms with Gasteiger partial charge in [0.1, 0.15) is 0 Å². The van der Waals surface area contributed by atoms with Crippen molar-refractivity contribution < 1.29 is 9.90 Å². The number of carboxylic acids is 1. The minimum atomic E-state index is -1.17. The highest BCUT2D eigenvalue weighted by Crippen LogP contribution is 2.34. The van der Waals surface area contributed by atoms with Gasteiger partial charge in [-0.1, -0.05) is 66.8 Å². The highest BCUT2D eigenvalue weighted by molar-refractivity contribution is 5.96. The standard InChI is InChI=1S/C25H18N2O2/c28-25(29)19-12-11-18-10-9-17-5-1-2-6-20(17)21(22(18)15-19)13-14-27-16-26-23-7-3-4-8-24(23)27/h1-13,15-16H,14H2,(H,28,29)/p-1/b21-13+. The minimum absolute atomic E-state index is 0.176. The molecule has 3 aromatic carbocycles. The Balaban J connectivity index is 1.68. The summed E-state index contributed by atoms with van der Waals surface area (Å²) in [7, 11) is 0. The molecule has 0 radical (unpaired) electrons. The van der Waals surface area contributed by atoms with Crippen LogP contribution < -0.4 is 5.11 Å². The summed E-state index contributed by atoms with van der Waals surface area (Å²) in [5.74, 6) is -1.17. The molecule has 1 heterocycles. The molecule has 0 atom stereocenters. The van der Waals surface area contributed by atoms with Crippen LogP contribution in [0.4, 0.5) is 0 Å². The number of carbonyl (C=O) groups excluding carboxylic acids is 1. The fourth-order valence-electron chi connectivity index (χ4n) is 3.84. The Hall–Kier alpha value is -3.92. The van der Waals surface area contributed by atoms with Crippen molar-refractivity contribution in [1.82, 2.24) is 9.55 Å². The van der Waals surface area contributed by atoms with Crippen LogP contribution in [-0.4, -0.2) is 15.5 Å². The molecule has 29 heavy (non-hydrogen) atoms. The SMILES string of the molecule is O=C([O-])c1ccc2c(c1)/C(=C/Cn1cnc3ccccc31)c1ccccc1C=C2. The number of aromatic carboxylic acids is 1. The van der Waals surface area contributed by atoms with Crippen LogP contribution in [0, 0.1) is 0 Å². The number of rotatable bonds is 3. The summed E-state index contributed by atoms with van der Waals surface area (Å²) in [6, 6.07) is 21.3. The Bertz CT molecular complexity index is 1310. The highest BCUT2D eigenvalue weighted by Gasteiger charge is 2.16. The molecule has 5 rings (SSSR count). The molecule has 0 bridgehead atoms. The number of para-hydroxylation sites is 2. The van der Waals surface area contributed by atoms with Crippen molar-refractivity contribution in [3.8, 4) is 0 Å². The molecule has 1 aliphatic carbocycles. The summed E-state index contributed by atoms with van der Waals surface area (Å²) < 4.78 is 2.09. The number of imidazole rings is 1. The van der Waals surface area contributed by atoms with Gasteiger partial charge < -0.3 is 14.5 Å². The van der Waals surface area contributed by atoms with Gasteiger partial charge in [0.25, 0.3) is 0 Å². The number of carbonyl (C=O) groups is 1. The average Bonchev–Trinajstić information content (AvgIpc) is 3.09. The van der Waals surface area contributed by atoms with Crippen molar-refractivity contribution in [2.24, 2.45) is 0 Å². The first kappa shape index (κ1) is 17.2. The molecule has 1 aromatic heterocycles. The van der Waals surface area contributed by atoms with E-state index in [2.05, 4.69) is 33.8 Å². The van der Waals surface area contributed by atoms with Crippen molar-refractivity contribution in [3.63, 3.8) is 0 Å². The maximum absolute atomic E-state index is 11.5. The van der Waals surface area contributed by atoms with E-state index in [1.807, 2.05) is 54.9 Å². The summed E-state index contributed by atoms with van der Waals surface area (Å²) in [4.78, 5) is 15.9. The molecule has 4 nitrogen and oxygen atoms in total. The highest BCUT2D eigenvalue weighted by atomic mass is 16.4. The van der Waals surface area contributed by atoms with Crippen LogP contribution in [0.1, 0.15) is 32.6 Å². The van der Waals surface area contributed by atoms with Gasteiger partial charge in [0.05, 0.1) is 23.3 Å². The molecule has 4 heteroatoms. The normalized spacial score (nSPS) is 13.9. The van der Waals surface area contributed by atoms with E-state index in [-0.39, 0.29) is 5.56 Å². The Morgan fingerprint density at radius 3 is 2.55 bits per heavy atom. The van der Waals surface area contributed by atoms with Gasteiger partial charge in [0, 0.05) is 6.54 Å². The first-order chi connectivity index (χ1) is 14.2. The van der Waals surface area contributed by atoms with Crippen molar-refractivity contribution >= 4 is 34.7 Å². The zero-order valence-corrected chi connectivity index (χ0v) is 15.6. The molecule has 4 aromatic rings. The van der Waals surface area contributed by atoms with Crippen molar-refractivity contribution in [3.05, 3.63) is 107 Å². The lowest BCUT2D eigenvalue weighted by Crippen LogP contribution is -2.22. The molecule has 1 aliphatic rings. The number of allylic oxidation sites excluding steroid dienone is 1. The molecule has 0 saturated carbocycles. The molecule has 0 amide bonds. The second-order valence-electron chi connectivity index (χ2n) is 7.01. The molecule has 0 spiro atoms. The van der Waals surface area contributed by atoms with Crippen molar-refractivity contribution in [1.29, 1.82) is 0 Å². The number of hydrogen-bond acceptors (Lipinski definition) is 3. The van der Waals surface area contributed by atoms with Crippen LogP contribution >= 0.6 is 0 Å². The third kappa shape index (κ3) is 3.05. The Morgan fingerprint density at radius 2 is 1.69 bits per heavy atom. The average molecular weight is 377 g/mol. The van der Waals surface area contributed by atoms with Crippen LogP contribution in [0.15, 0.2) is 79.1 Å². The summed E-state index contributed by atoms with van der Waals surface area (Å²) in [6.07, 6.45) is 8.07. The van der Waals surface area contributed by atoms with E-state index in [9.17, 15) is 9.90 Å². The Morgan fingerprint density at radius 1 is 0.931 bits per heavy atom. The topological polar surface area (TPSA) is 57.9 Å². The van der Waals surface area contributed by atoms with Crippen LogP contribution in [0.3, 0.4) is 0 Å². The Kier molecular flexibility index (Phi) is 4.10. The number of fused-ring (bicyclic) bond motifs is 3.